The SMILES string of the molecule is Fc1cc(-n2ccc3cncnc32)ccc1CN1CCOCC1. The summed E-state index contributed by atoms with van der Waals surface area (Å²) in [6.45, 7) is 3.74. The number of morpholine rings is 1. The Labute approximate surface area is 133 Å². The lowest BCUT2D eigenvalue weighted by Gasteiger charge is -2.26. The number of nitrogens with zero attached hydrogens (tertiary/aromatic N) is 4. The number of hydrogen-bond donors (Lipinski definition) is 0. The topological polar surface area (TPSA) is 43.2 Å². The molecular weight excluding hydrogens is 295 g/mol. The lowest BCUT2D eigenvalue weighted by atomic mass is 10.1. The molecule has 3 aromatic rings. The average Bonchev–Trinajstić information content (AvgIpc) is 3.02. The Balaban J connectivity index is 1.62. The number of benzene rings is 1. The molecule has 0 saturated carbocycles. The second-order valence-electron chi connectivity index (χ2n) is 5.65. The highest BCUT2D eigenvalue weighted by Crippen LogP contribution is 2.21. The lowest BCUT2D eigenvalue weighted by molar-refractivity contribution is 0.0337. The van der Waals surface area contributed by atoms with Gasteiger partial charge in [-0.15, -0.1) is 0 Å². The molecule has 4 rings (SSSR count). The van der Waals surface area contributed by atoms with E-state index in [1.807, 2.05) is 29.0 Å². The number of rotatable bonds is 3. The van der Waals surface area contributed by atoms with Crippen LogP contribution in [0.15, 0.2) is 43.0 Å². The fraction of sp³-hybridized carbons (Fsp3) is 0.294. The zero-order valence-electron chi connectivity index (χ0n) is 12.7. The summed E-state index contributed by atoms with van der Waals surface area (Å²) in [7, 11) is 0. The maximum Gasteiger partial charge on any atom is 0.147 e. The summed E-state index contributed by atoms with van der Waals surface area (Å²) in [5, 5.41) is 0.935. The van der Waals surface area contributed by atoms with Gasteiger partial charge in [-0.05, 0) is 18.2 Å². The molecule has 0 radical (unpaired) electrons. The van der Waals surface area contributed by atoms with Crippen LogP contribution in [0.5, 0.6) is 0 Å². The van der Waals surface area contributed by atoms with Gasteiger partial charge >= 0.3 is 0 Å². The Kier molecular flexibility index (Phi) is 3.77. The summed E-state index contributed by atoms with van der Waals surface area (Å²) < 4.78 is 21.7. The Hall–Kier alpha value is -2.31. The van der Waals surface area contributed by atoms with Crippen molar-refractivity contribution in [2.24, 2.45) is 0 Å². The van der Waals surface area contributed by atoms with Crippen LogP contribution >= 0.6 is 0 Å². The third-order valence-corrected chi connectivity index (χ3v) is 4.16. The average molecular weight is 312 g/mol. The Morgan fingerprint density at radius 2 is 2.04 bits per heavy atom. The van der Waals surface area contributed by atoms with Crippen LogP contribution in [-0.2, 0) is 11.3 Å². The monoisotopic (exact) mass is 312 g/mol. The van der Waals surface area contributed by atoms with Crippen LogP contribution in [-0.4, -0.2) is 45.7 Å². The molecule has 1 aromatic carbocycles. The molecule has 1 aliphatic rings. The summed E-state index contributed by atoms with van der Waals surface area (Å²) in [6.07, 6.45) is 5.14. The Bertz CT molecular complexity index is 826. The fourth-order valence-corrected chi connectivity index (χ4v) is 2.90. The largest absolute Gasteiger partial charge is 0.379 e. The van der Waals surface area contributed by atoms with Crippen LogP contribution in [0.1, 0.15) is 5.56 Å². The molecule has 0 atom stereocenters. The van der Waals surface area contributed by atoms with Crippen molar-refractivity contribution in [3.05, 3.63) is 54.4 Å². The van der Waals surface area contributed by atoms with Gasteiger partial charge in [0.05, 0.1) is 13.2 Å². The third kappa shape index (κ3) is 2.83. The van der Waals surface area contributed by atoms with Gasteiger partial charge in [0.1, 0.15) is 17.8 Å². The highest BCUT2D eigenvalue weighted by molar-refractivity contribution is 5.76. The first-order chi connectivity index (χ1) is 11.3. The van der Waals surface area contributed by atoms with Gasteiger partial charge in [-0.25, -0.2) is 14.4 Å². The van der Waals surface area contributed by atoms with E-state index in [1.54, 1.807) is 12.3 Å². The Morgan fingerprint density at radius 3 is 2.87 bits per heavy atom. The van der Waals surface area contributed by atoms with E-state index >= 15 is 0 Å². The van der Waals surface area contributed by atoms with E-state index in [0.29, 0.717) is 12.1 Å². The highest BCUT2D eigenvalue weighted by atomic mass is 19.1. The van der Waals surface area contributed by atoms with Crippen molar-refractivity contribution >= 4 is 11.0 Å². The molecule has 6 heteroatoms. The maximum atomic E-state index is 14.5. The zero-order chi connectivity index (χ0) is 15.6. The summed E-state index contributed by atoms with van der Waals surface area (Å²) in [6, 6.07) is 7.28. The quantitative estimate of drug-likeness (QED) is 0.745. The number of hydrogen-bond acceptors (Lipinski definition) is 4. The van der Waals surface area contributed by atoms with Crippen LogP contribution in [0.3, 0.4) is 0 Å². The van der Waals surface area contributed by atoms with Crippen LogP contribution in [0.25, 0.3) is 16.7 Å². The van der Waals surface area contributed by atoms with Gasteiger partial charge in [0.25, 0.3) is 0 Å². The first-order valence-electron chi connectivity index (χ1n) is 7.67. The van der Waals surface area contributed by atoms with Gasteiger partial charge in [0.15, 0.2) is 0 Å². The van der Waals surface area contributed by atoms with E-state index in [0.717, 1.165) is 43.0 Å². The summed E-state index contributed by atoms with van der Waals surface area (Å²) in [5.41, 5.74) is 2.25. The molecule has 0 aliphatic carbocycles. The first-order valence-corrected chi connectivity index (χ1v) is 7.67. The molecular formula is C17H17FN4O. The summed E-state index contributed by atoms with van der Waals surface area (Å²) in [4.78, 5) is 10.5. The predicted octanol–water partition coefficient (Wildman–Crippen LogP) is 2.39. The molecule has 1 fully saturated rings. The fourth-order valence-electron chi connectivity index (χ4n) is 2.90. The lowest BCUT2D eigenvalue weighted by Crippen LogP contribution is -2.35. The smallest absolute Gasteiger partial charge is 0.147 e. The normalized spacial score (nSPS) is 16.0. The summed E-state index contributed by atoms with van der Waals surface area (Å²) >= 11 is 0. The molecule has 1 aliphatic heterocycles. The molecule has 3 heterocycles. The molecule has 0 N–H and O–H groups in total. The second-order valence-corrected chi connectivity index (χ2v) is 5.65. The van der Waals surface area contributed by atoms with E-state index in [9.17, 15) is 4.39 Å². The molecule has 23 heavy (non-hydrogen) atoms. The minimum atomic E-state index is -0.190. The standard InChI is InChI=1S/C17H17FN4O/c18-16-9-15(22-4-3-13-10-19-12-20-17(13)22)2-1-14(16)11-21-5-7-23-8-6-21/h1-4,9-10,12H,5-8,11H2. The van der Waals surface area contributed by atoms with Crippen molar-refractivity contribution in [2.45, 2.75) is 6.54 Å². The molecule has 0 bridgehead atoms. The second kappa shape index (κ2) is 6.06. The molecule has 0 unspecified atom stereocenters. The third-order valence-electron chi connectivity index (χ3n) is 4.16. The van der Waals surface area contributed by atoms with Crippen molar-refractivity contribution in [1.82, 2.24) is 19.4 Å². The van der Waals surface area contributed by atoms with Crippen molar-refractivity contribution in [2.75, 3.05) is 26.3 Å². The van der Waals surface area contributed by atoms with Gasteiger partial charge < -0.3 is 9.30 Å². The maximum absolute atomic E-state index is 14.5. The number of ether oxygens (including phenoxy) is 1. The molecule has 0 spiro atoms. The number of aromatic nitrogens is 3. The molecule has 2 aromatic heterocycles. The minimum Gasteiger partial charge on any atom is -0.379 e. The van der Waals surface area contributed by atoms with Gasteiger partial charge in [-0.3, -0.25) is 4.90 Å². The number of fused-ring (bicyclic) bond motifs is 1. The van der Waals surface area contributed by atoms with Crippen LogP contribution < -0.4 is 0 Å². The molecule has 118 valence electrons. The van der Waals surface area contributed by atoms with Crippen LogP contribution in [0, 0.1) is 5.82 Å². The van der Waals surface area contributed by atoms with E-state index in [-0.39, 0.29) is 5.82 Å². The Morgan fingerprint density at radius 1 is 1.17 bits per heavy atom. The van der Waals surface area contributed by atoms with Crippen molar-refractivity contribution in [3.8, 4) is 5.69 Å². The molecule has 5 nitrogen and oxygen atoms in total. The first kappa shape index (κ1) is 14.3. The van der Waals surface area contributed by atoms with Gasteiger partial charge in [-0.1, -0.05) is 6.07 Å². The van der Waals surface area contributed by atoms with Crippen molar-refractivity contribution in [1.29, 1.82) is 0 Å². The summed E-state index contributed by atoms with van der Waals surface area (Å²) in [5.74, 6) is -0.190. The van der Waals surface area contributed by atoms with E-state index in [1.165, 1.54) is 6.33 Å². The van der Waals surface area contributed by atoms with Crippen molar-refractivity contribution in [3.63, 3.8) is 0 Å². The molecule has 0 amide bonds. The predicted molar refractivity (Wildman–Crippen MR) is 84.9 cm³/mol. The minimum absolute atomic E-state index is 0.190. The van der Waals surface area contributed by atoms with Crippen LogP contribution in [0.4, 0.5) is 4.39 Å². The van der Waals surface area contributed by atoms with Gasteiger partial charge in [0.2, 0.25) is 0 Å². The van der Waals surface area contributed by atoms with Crippen LogP contribution in [0.2, 0.25) is 0 Å². The number of halogens is 1. The van der Waals surface area contributed by atoms with E-state index in [2.05, 4.69) is 14.9 Å². The van der Waals surface area contributed by atoms with Gasteiger partial charge in [-0.2, -0.15) is 0 Å². The zero-order valence-corrected chi connectivity index (χ0v) is 12.7. The highest BCUT2D eigenvalue weighted by Gasteiger charge is 2.14. The van der Waals surface area contributed by atoms with E-state index < -0.39 is 0 Å². The van der Waals surface area contributed by atoms with E-state index in [4.69, 9.17) is 4.74 Å². The van der Waals surface area contributed by atoms with Crippen molar-refractivity contribution < 1.29 is 9.13 Å². The van der Waals surface area contributed by atoms with Gasteiger partial charge in [0, 0.05) is 48.7 Å². The molecule has 1 saturated heterocycles.